The molecule has 0 spiro atoms. The number of nitrogens with zero attached hydrogens (tertiary/aromatic N) is 1. The number of carbonyl (C=O) groups excluding carboxylic acids is 1. The van der Waals surface area contributed by atoms with E-state index in [0.717, 1.165) is 0 Å². The van der Waals surface area contributed by atoms with Crippen LogP contribution in [0.2, 0.25) is 0 Å². The fourth-order valence-corrected chi connectivity index (χ4v) is 1.91. The van der Waals surface area contributed by atoms with Gasteiger partial charge in [0.05, 0.1) is 5.92 Å². The number of urea groups is 1. The van der Waals surface area contributed by atoms with Crippen LogP contribution in [0.25, 0.3) is 0 Å². The number of hydrogen-bond acceptors (Lipinski definition) is 2. The third-order valence-electron chi connectivity index (χ3n) is 3.01. The van der Waals surface area contributed by atoms with E-state index in [1.807, 2.05) is 0 Å². The van der Waals surface area contributed by atoms with Crippen molar-refractivity contribution in [3.8, 4) is 0 Å². The molecule has 2 N–H and O–H groups in total. The number of amides is 2. The van der Waals surface area contributed by atoms with Gasteiger partial charge in [-0.1, -0.05) is 6.92 Å². The number of carbonyl (C=O) groups is 2. The Morgan fingerprint density at radius 3 is 2.65 bits per heavy atom. The highest BCUT2D eigenvalue weighted by Gasteiger charge is 2.27. The summed E-state index contributed by atoms with van der Waals surface area (Å²) < 4.78 is 12.9. The average molecular weight is 246 g/mol. The van der Waals surface area contributed by atoms with Crippen LogP contribution in [-0.2, 0) is 4.79 Å². The van der Waals surface area contributed by atoms with E-state index < -0.39 is 18.1 Å². The van der Waals surface area contributed by atoms with E-state index in [9.17, 15) is 14.0 Å². The lowest BCUT2D eigenvalue weighted by Crippen LogP contribution is -2.44. The molecular weight excluding hydrogens is 227 g/mol. The molecule has 0 aromatic heterocycles. The number of carboxylic acids is 1. The van der Waals surface area contributed by atoms with Gasteiger partial charge in [0.25, 0.3) is 0 Å². The van der Waals surface area contributed by atoms with E-state index in [1.54, 1.807) is 6.92 Å². The van der Waals surface area contributed by atoms with Gasteiger partial charge in [0, 0.05) is 19.6 Å². The zero-order valence-electron chi connectivity index (χ0n) is 10.1. The number of aliphatic carboxylic acids is 1. The monoisotopic (exact) mass is 246 g/mol. The Balaban J connectivity index is 2.34. The van der Waals surface area contributed by atoms with Gasteiger partial charge in [-0.2, -0.15) is 0 Å². The highest BCUT2D eigenvalue weighted by molar-refractivity contribution is 5.76. The van der Waals surface area contributed by atoms with Crippen LogP contribution in [0.4, 0.5) is 9.18 Å². The number of alkyl halides is 1. The lowest BCUT2D eigenvalue weighted by molar-refractivity contribution is -0.141. The summed E-state index contributed by atoms with van der Waals surface area (Å²) >= 11 is 0. The van der Waals surface area contributed by atoms with Crippen LogP contribution < -0.4 is 5.32 Å². The van der Waals surface area contributed by atoms with Crippen LogP contribution in [0.1, 0.15) is 26.2 Å². The van der Waals surface area contributed by atoms with Gasteiger partial charge in [0.2, 0.25) is 0 Å². The van der Waals surface area contributed by atoms with Crippen molar-refractivity contribution in [3.05, 3.63) is 0 Å². The van der Waals surface area contributed by atoms with Crippen LogP contribution in [0.3, 0.4) is 0 Å². The number of halogens is 1. The first-order chi connectivity index (χ1) is 7.90. The Morgan fingerprint density at radius 2 is 2.18 bits per heavy atom. The molecule has 6 heteroatoms. The Hall–Kier alpha value is -1.33. The second-order valence-electron chi connectivity index (χ2n) is 4.68. The fraction of sp³-hybridized carbons (Fsp3) is 0.818. The van der Waals surface area contributed by atoms with E-state index in [1.165, 1.54) is 11.9 Å². The molecule has 1 aliphatic rings. The lowest BCUT2D eigenvalue weighted by atomic mass is 10.2. The minimum Gasteiger partial charge on any atom is -0.481 e. The van der Waals surface area contributed by atoms with Crippen molar-refractivity contribution in [1.29, 1.82) is 0 Å². The average Bonchev–Trinajstić information content (AvgIpc) is 2.63. The summed E-state index contributed by atoms with van der Waals surface area (Å²) in [5.74, 6) is -1.54. The first kappa shape index (κ1) is 13.7. The molecule has 0 heterocycles. The summed E-state index contributed by atoms with van der Waals surface area (Å²) in [7, 11) is 1.54. The van der Waals surface area contributed by atoms with Crippen molar-refractivity contribution in [1.82, 2.24) is 10.2 Å². The van der Waals surface area contributed by atoms with Crippen molar-refractivity contribution in [2.24, 2.45) is 5.92 Å². The molecule has 98 valence electrons. The SMILES string of the molecule is CC(CN(C)C(=O)NC1CCC(F)C1)C(=O)O. The number of nitrogens with one attached hydrogen (secondary N) is 1. The van der Waals surface area contributed by atoms with Crippen LogP contribution in [0, 0.1) is 5.92 Å². The second-order valence-corrected chi connectivity index (χ2v) is 4.68. The summed E-state index contributed by atoms with van der Waals surface area (Å²) in [6.45, 7) is 1.69. The molecule has 3 atom stereocenters. The lowest BCUT2D eigenvalue weighted by Gasteiger charge is -2.22. The molecule has 0 radical (unpaired) electrons. The number of rotatable bonds is 4. The van der Waals surface area contributed by atoms with Crippen LogP contribution >= 0.6 is 0 Å². The minimum atomic E-state index is -0.936. The molecule has 1 rings (SSSR count). The summed E-state index contributed by atoms with van der Waals surface area (Å²) in [5.41, 5.74) is 0. The van der Waals surface area contributed by atoms with Gasteiger partial charge in [-0.25, -0.2) is 9.18 Å². The Labute approximate surface area is 100.0 Å². The van der Waals surface area contributed by atoms with Crippen molar-refractivity contribution in [2.75, 3.05) is 13.6 Å². The molecule has 0 aromatic rings. The largest absolute Gasteiger partial charge is 0.481 e. The second kappa shape index (κ2) is 5.84. The molecule has 0 aromatic carbocycles. The molecule has 2 amide bonds. The van der Waals surface area contributed by atoms with Gasteiger partial charge >= 0.3 is 12.0 Å². The zero-order valence-corrected chi connectivity index (χ0v) is 10.1. The maximum atomic E-state index is 12.9. The fourth-order valence-electron chi connectivity index (χ4n) is 1.91. The molecule has 1 saturated carbocycles. The maximum Gasteiger partial charge on any atom is 0.317 e. The van der Waals surface area contributed by atoms with Gasteiger partial charge in [-0.15, -0.1) is 0 Å². The molecule has 17 heavy (non-hydrogen) atoms. The third-order valence-corrected chi connectivity index (χ3v) is 3.01. The molecule has 3 unspecified atom stereocenters. The van der Waals surface area contributed by atoms with E-state index in [2.05, 4.69) is 5.32 Å². The van der Waals surface area contributed by atoms with Gasteiger partial charge in [0.1, 0.15) is 6.17 Å². The molecular formula is C11H19FN2O3. The van der Waals surface area contributed by atoms with E-state index in [4.69, 9.17) is 5.11 Å². The van der Waals surface area contributed by atoms with Gasteiger partial charge in [-0.3, -0.25) is 4.79 Å². The topological polar surface area (TPSA) is 69.6 Å². The van der Waals surface area contributed by atoms with Crippen molar-refractivity contribution in [3.63, 3.8) is 0 Å². The van der Waals surface area contributed by atoms with Crippen LogP contribution in [0.5, 0.6) is 0 Å². The normalized spacial score (nSPS) is 25.4. The Morgan fingerprint density at radius 1 is 1.53 bits per heavy atom. The summed E-state index contributed by atoms with van der Waals surface area (Å²) in [6, 6.07) is -0.461. The van der Waals surface area contributed by atoms with Gasteiger partial charge in [0.15, 0.2) is 0 Å². The third kappa shape index (κ3) is 4.20. The quantitative estimate of drug-likeness (QED) is 0.784. The van der Waals surface area contributed by atoms with Crippen LogP contribution in [0.15, 0.2) is 0 Å². The Bertz CT molecular complexity index is 298. The zero-order chi connectivity index (χ0) is 13.0. The molecule has 0 aliphatic heterocycles. The molecule has 5 nitrogen and oxygen atoms in total. The van der Waals surface area contributed by atoms with Crippen molar-refractivity contribution < 1.29 is 19.1 Å². The molecule has 1 fully saturated rings. The first-order valence-electron chi connectivity index (χ1n) is 5.78. The minimum absolute atomic E-state index is 0.125. The van der Waals surface area contributed by atoms with E-state index in [-0.39, 0.29) is 18.6 Å². The summed E-state index contributed by atoms with van der Waals surface area (Å²) in [5, 5.41) is 11.4. The number of carboxylic acid groups (broad SMARTS) is 1. The summed E-state index contributed by atoms with van der Waals surface area (Å²) in [4.78, 5) is 23.6. The Kier molecular flexibility index (Phi) is 4.72. The summed E-state index contributed by atoms with van der Waals surface area (Å²) in [6.07, 6.45) is 0.660. The van der Waals surface area contributed by atoms with Crippen molar-refractivity contribution >= 4 is 12.0 Å². The first-order valence-corrected chi connectivity index (χ1v) is 5.78. The predicted octanol–water partition coefficient (Wildman–Crippen LogP) is 1.24. The standard InChI is InChI=1S/C11H19FN2O3/c1-7(10(15)16)6-14(2)11(17)13-9-4-3-8(12)5-9/h7-9H,3-6H2,1-2H3,(H,13,17)(H,15,16). The predicted molar refractivity (Wildman–Crippen MR) is 60.5 cm³/mol. The molecule has 0 bridgehead atoms. The number of hydrogen-bond donors (Lipinski definition) is 2. The van der Waals surface area contributed by atoms with Gasteiger partial charge in [-0.05, 0) is 19.3 Å². The van der Waals surface area contributed by atoms with Gasteiger partial charge < -0.3 is 15.3 Å². The smallest absolute Gasteiger partial charge is 0.317 e. The molecule has 1 aliphatic carbocycles. The highest BCUT2D eigenvalue weighted by atomic mass is 19.1. The maximum absolute atomic E-state index is 12.9. The van der Waals surface area contributed by atoms with Crippen LogP contribution in [-0.4, -0.2) is 47.8 Å². The highest BCUT2D eigenvalue weighted by Crippen LogP contribution is 2.21. The van der Waals surface area contributed by atoms with E-state index >= 15 is 0 Å². The van der Waals surface area contributed by atoms with Crippen molar-refractivity contribution in [2.45, 2.75) is 38.4 Å². The molecule has 0 saturated heterocycles. The van der Waals surface area contributed by atoms with E-state index in [0.29, 0.717) is 19.3 Å².